The number of unbranched alkanes of at least 4 members (excludes halogenated alkanes) is 1. The number of amides is 1. The predicted octanol–water partition coefficient (Wildman–Crippen LogP) is 4.45. The van der Waals surface area contributed by atoms with E-state index in [4.69, 9.17) is 9.47 Å². The number of rotatable bonds is 11. The molecule has 0 aromatic heterocycles. The van der Waals surface area contributed by atoms with Crippen LogP contribution in [0.1, 0.15) is 43.7 Å². The minimum atomic E-state index is -1.41. The highest BCUT2D eigenvalue weighted by Gasteiger charge is 2.57. The molecule has 1 fully saturated rings. The molecule has 1 aliphatic rings. The zero-order valence-electron chi connectivity index (χ0n) is 18.4. The van der Waals surface area contributed by atoms with E-state index >= 15 is 0 Å². The Kier molecular flexibility index (Phi) is 8.41. The Balaban J connectivity index is 1.75. The lowest BCUT2D eigenvalue weighted by molar-refractivity contribution is -0.181. The van der Waals surface area contributed by atoms with Crippen LogP contribution >= 0.6 is 0 Å². The number of ether oxygens (including phenoxy) is 2. The minimum Gasteiger partial charge on any atom is -0.368 e. The van der Waals surface area contributed by atoms with Crippen molar-refractivity contribution in [2.45, 2.75) is 63.8 Å². The number of hydrogen-bond acceptors (Lipinski definition) is 4. The van der Waals surface area contributed by atoms with Crippen LogP contribution in [-0.2, 0) is 27.5 Å². The molecule has 0 radical (unpaired) electrons. The number of benzene rings is 2. The normalized spacial score (nSPS) is 23.7. The summed E-state index contributed by atoms with van der Waals surface area (Å²) in [5.74, 6) is -0.249. The third-order valence-corrected chi connectivity index (χ3v) is 5.75. The summed E-state index contributed by atoms with van der Waals surface area (Å²) in [4.78, 5) is 14.5. The fourth-order valence-electron chi connectivity index (χ4n) is 3.92. The molecular weight excluding hydrogens is 390 g/mol. The molecule has 1 unspecified atom stereocenters. The molecule has 2 aromatic carbocycles. The summed E-state index contributed by atoms with van der Waals surface area (Å²) in [6, 6.07) is 19.5. The standard InChI is InChI=1S/C26H33NO4/c1-3-4-5-6-13-18-26(29)24(31-20-22-16-11-8-12-17-22)23(25(28)27(26)2)30-19-21-14-9-7-10-15-21/h4-5,7-12,14-17,23-24,29H,3,6,13,18-20H2,1-2H3/b5-4+/t23-,24-,26?/m1/s1. The summed E-state index contributed by atoms with van der Waals surface area (Å²) >= 11 is 0. The first-order valence-electron chi connectivity index (χ1n) is 11.0. The van der Waals surface area contributed by atoms with E-state index in [1.807, 2.05) is 60.7 Å². The first-order chi connectivity index (χ1) is 15.1. The summed E-state index contributed by atoms with van der Waals surface area (Å²) in [5.41, 5.74) is 0.548. The van der Waals surface area contributed by atoms with E-state index in [9.17, 15) is 9.90 Å². The van der Waals surface area contributed by atoms with Crippen LogP contribution in [0, 0.1) is 0 Å². The van der Waals surface area contributed by atoms with E-state index < -0.39 is 17.9 Å². The summed E-state index contributed by atoms with van der Waals surface area (Å²) < 4.78 is 12.2. The van der Waals surface area contributed by atoms with Crippen LogP contribution in [0.5, 0.6) is 0 Å². The third-order valence-electron chi connectivity index (χ3n) is 5.75. The Bertz CT molecular complexity index is 839. The maximum atomic E-state index is 13.0. The zero-order valence-corrected chi connectivity index (χ0v) is 18.4. The maximum absolute atomic E-state index is 13.0. The number of nitrogens with zero attached hydrogens (tertiary/aromatic N) is 1. The first kappa shape index (κ1) is 23.2. The number of likely N-dealkylation sites (tertiary alicyclic amines) is 1. The molecule has 1 heterocycles. The lowest BCUT2D eigenvalue weighted by atomic mass is 9.98. The zero-order chi connectivity index (χ0) is 22.1. The van der Waals surface area contributed by atoms with Gasteiger partial charge in [0.2, 0.25) is 0 Å². The van der Waals surface area contributed by atoms with Crippen LogP contribution in [0.15, 0.2) is 72.8 Å². The lowest BCUT2D eigenvalue weighted by Gasteiger charge is -2.35. The molecule has 1 N–H and O–H groups in total. The fraction of sp³-hybridized carbons (Fsp3) is 0.423. The molecule has 3 rings (SSSR count). The van der Waals surface area contributed by atoms with Crippen molar-refractivity contribution in [1.29, 1.82) is 0 Å². The SMILES string of the molecule is CC/C=C/CCCC1(O)[C@H](OCc2ccccc2)[C@@H](OCc2ccccc2)C(=O)N1C. The van der Waals surface area contributed by atoms with Gasteiger partial charge < -0.3 is 19.5 Å². The Morgan fingerprint density at radius 3 is 2.13 bits per heavy atom. The van der Waals surface area contributed by atoms with Crippen LogP contribution in [0.4, 0.5) is 0 Å². The Morgan fingerprint density at radius 2 is 1.55 bits per heavy atom. The predicted molar refractivity (Wildman–Crippen MR) is 121 cm³/mol. The highest BCUT2D eigenvalue weighted by atomic mass is 16.6. The van der Waals surface area contributed by atoms with Crippen molar-refractivity contribution >= 4 is 5.91 Å². The lowest BCUT2D eigenvalue weighted by Crippen LogP contribution is -2.51. The highest BCUT2D eigenvalue weighted by molar-refractivity contribution is 5.85. The molecule has 0 saturated carbocycles. The van der Waals surface area contributed by atoms with Gasteiger partial charge in [0.25, 0.3) is 5.91 Å². The molecule has 0 spiro atoms. The van der Waals surface area contributed by atoms with Gasteiger partial charge in [0.1, 0.15) is 6.10 Å². The van der Waals surface area contributed by atoms with E-state index in [1.165, 1.54) is 4.90 Å². The monoisotopic (exact) mass is 423 g/mol. The minimum absolute atomic E-state index is 0.249. The van der Waals surface area contributed by atoms with Crippen molar-refractivity contribution in [3.8, 4) is 0 Å². The van der Waals surface area contributed by atoms with E-state index in [-0.39, 0.29) is 12.5 Å². The van der Waals surface area contributed by atoms with Gasteiger partial charge in [0, 0.05) is 7.05 Å². The summed E-state index contributed by atoms with van der Waals surface area (Å²) in [7, 11) is 1.63. The van der Waals surface area contributed by atoms with Gasteiger partial charge in [-0.15, -0.1) is 0 Å². The highest BCUT2D eigenvalue weighted by Crippen LogP contribution is 2.36. The molecule has 1 aliphatic heterocycles. The van der Waals surface area contributed by atoms with Crippen LogP contribution in [0.2, 0.25) is 0 Å². The average molecular weight is 424 g/mol. The van der Waals surface area contributed by atoms with Crippen LogP contribution in [0.25, 0.3) is 0 Å². The smallest absolute Gasteiger partial charge is 0.256 e. The number of aliphatic hydroxyl groups is 1. The molecule has 1 amide bonds. The quantitative estimate of drug-likeness (QED) is 0.428. The topological polar surface area (TPSA) is 59.0 Å². The summed E-state index contributed by atoms with van der Waals surface area (Å²) in [5, 5.41) is 11.6. The first-order valence-corrected chi connectivity index (χ1v) is 11.0. The molecule has 166 valence electrons. The van der Waals surface area contributed by atoms with Gasteiger partial charge in [-0.1, -0.05) is 79.7 Å². The largest absolute Gasteiger partial charge is 0.368 e. The van der Waals surface area contributed by atoms with Crippen molar-refractivity contribution < 1.29 is 19.4 Å². The molecule has 2 aromatic rings. The van der Waals surface area contributed by atoms with Gasteiger partial charge in [-0.05, 0) is 36.8 Å². The molecular formula is C26H33NO4. The Morgan fingerprint density at radius 1 is 0.968 bits per heavy atom. The number of allylic oxidation sites excluding steroid dienone is 2. The maximum Gasteiger partial charge on any atom is 0.256 e. The molecule has 5 nitrogen and oxygen atoms in total. The van der Waals surface area contributed by atoms with E-state index in [0.29, 0.717) is 13.0 Å². The number of carbonyl (C=O) groups excluding carboxylic acids is 1. The fourth-order valence-corrected chi connectivity index (χ4v) is 3.92. The van der Waals surface area contributed by atoms with Crippen molar-refractivity contribution in [1.82, 2.24) is 4.90 Å². The molecule has 3 atom stereocenters. The molecule has 0 bridgehead atoms. The second-order valence-corrected chi connectivity index (χ2v) is 7.98. The van der Waals surface area contributed by atoms with E-state index in [1.54, 1.807) is 7.05 Å². The van der Waals surface area contributed by atoms with Crippen molar-refractivity contribution in [3.63, 3.8) is 0 Å². The van der Waals surface area contributed by atoms with E-state index in [2.05, 4.69) is 19.1 Å². The van der Waals surface area contributed by atoms with Crippen molar-refractivity contribution in [2.75, 3.05) is 7.05 Å². The van der Waals surface area contributed by atoms with Crippen LogP contribution in [0.3, 0.4) is 0 Å². The van der Waals surface area contributed by atoms with E-state index in [0.717, 1.165) is 30.4 Å². The second-order valence-electron chi connectivity index (χ2n) is 7.98. The van der Waals surface area contributed by atoms with Gasteiger partial charge >= 0.3 is 0 Å². The Labute approximate surface area is 185 Å². The number of hydrogen-bond donors (Lipinski definition) is 1. The summed E-state index contributed by atoms with van der Waals surface area (Å²) in [6.45, 7) is 2.68. The van der Waals surface area contributed by atoms with Gasteiger partial charge in [0.05, 0.1) is 13.2 Å². The van der Waals surface area contributed by atoms with Gasteiger partial charge in [0.15, 0.2) is 11.8 Å². The second kappa shape index (κ2) is 11.2. The van der Waals surface area contributed by atoms with Crippen LogP contribution < -0.4 is 0 Å². The van der Waals surface area contributed by atoms with Gasteiger partial charge in [-0.2, -0.15) is 0 Å². The third kappa shape index (κ3) is 5.82. The number of carbonyl (C=O) groups is 1. The number of likely N-dealkylation sites (N-methyl/N-ethyl adjacent to an activating group) is 1. The van der Waals surface area contributed by atoms with Crippen LogP contribution in [-0.4, -0.2) is 40.9 Å². The Hall–Kier alpha value is -2.47. The molecule has 5 heteroatoms. The molecule has 0 aliphatic carbocycles. The van der Waals surface area contributed by atoms with Crippen molar-refractivity contribution in [3.05, 3.63) is 83.9 Å². The average Bonchev–Trinajstić information content (AvgIpc) is 2.98. The molecule has 31 heavy (non-hydrogen) atoms. The van der Waals surface area contributed by atoms with Gasteiger partial charge in [-0.25, -0.2) is 0 Å². The van der Waals surface area contributed by atoms with Gasteiger partial charge in [-0.3, -0.25) is 4.79 Å². The van der Waals surface area contributed by atoms with Crippen molar-refractivity contribution in [2.24, 2.45) is 0 Å². The summed E-state index contributed by atoms with van der Waals surface area (Å²) in [6.07, 6.45) is 5.61. The molecule has 1 saturated heterocycles.